The summed E-state index contributed by atoms with van der Waals surface area (Å²) in [6.07, 6.45) is 3.95. The Morgan fingerprint density at radius 3 is 2.00 bits per heavy atom. The molecule has 0 aromatic heterocycles. The Morgan fingerprint density at radius 1 is 1.05 bits per heavy atom. The lowest BCUT2D eigenvalue weighted by Crippen LogP contribution is -2.14. The normalized spacial score (nSPS) is 10.5. The fourth-order valence-corrected chi connectivity index (χ4v) is 2.26. The van der Waals surface area contributed by atoms with Gasteiger partial charge in [0.1, 0.15) is 0 Å². The monoisotopic (exact) mass is 261 g/mol. The third kappa shape index (κ3) is 4.86. The van der Waals surface area contributed by atoms with Crippen molar-refractivity contribution in [3.05, 3.63) is 29.8 Å². The maximum absolute atomic E-state index is 12.4. The average molecular weight is 261 g/mol. The van der Waals surface area contributed by atoms with Crippen LogP contribution in [-0.2, 0) is 4.79 Å². The van der Waals surface area contributed by atoms with E-state index >= 15 is 0 Å². The number of Topliss-reactive ketones (excluding diaryl/α,β-unsaturated/α-hetero) is 1. The van der Waals surface area contributed by atoms with Gasteiger partial charge in [0.25, 0.3) is 0 Å². The zero-order valence-corrected chi connectivity index (χ0v) is 12.0. The number of benzene rings is 1. The number of hydrogen-bond donors (Lipinski definition) is 1. The fraction of sp³-hybridized carbons (Fsp3) is 0.500. The molecular formula is C16H23NO2. The van der Waals surface area contributed by atoms with Gasteiger partial charge in [-0.05, 0) is 37.1 Å². The molecule has 0 aliphatic rings. The maximum atomic E-state index is 12.4. The zero-order chi connectivity index (χ0) is 14.3. The van der Waals surface area contributed by atoms with Gasteiger partial charge in [0, 0.05) is 24.1 Å². The first kappa shape index (κ1) is 15.4. The van der Waals surface area contributed by atoms with E-state index in [0.29, 0.717) is 0 Å². The zero-order valence-electron chi connectivity index (χ0n) is 12.0. The topological polar surface area (TPSA) is 46.2 Å². The van der Waals surface area contributed by atoms with Gasteiger partial charge in [-0.25, -0.2) is 0 Å². The van der Waals surface area contributed by atoms with Crippen molar-refractivity contribution < 1.29 is 9.59 Å². The third-order valence-electron chi connectivity index (χ3n) is 3.13. The maximum Gasteiger partial charge on any atom is 0.221 e. The molecule has 104 valence electrons. The summed E-state index contributed by atoms with van der Waals surface area (Å²) in [5.41, 5.74) is 1.47. The van der Waals surface area contributed by atoms with Crippen LogP contribution in [0.15, 0.2) is 24.3 Å². The molecule has 0 bridgehead atoms. The minimum atomic E-state index is -0.103. The first-order valence-electron chi connectivity index (χ1n) is 7.00. The Kier molecular flexibility index (Phi) is 6.26. The minimum absolute atomic E-state index is 0.103. The molecule has 3 nitrogen and oxygen atoms in total. The Morgan fingerprint density at radius 2 is 1.58 bits per heavy atom. The predicted octanol–water partition coefficient (Wildman–Crippen LogP) is 4.04. The first-order chi connectivity index (χ1) is 9.08. The molecule has 1 rings (SSSR count). The van der Waals surface area contributed by atoms with E-state index in [1.165, 1.54) is 6.92 Å². The molecule has 0 aliphatic carbocycles. The van der Waals surface area contributed by atoms with Gasteiger partial charge in [0.15, 0.2) is 5.78 Å². The second-order valence-corrected chi connectivity index (χ2v) is 4.90. The van der Waals surface area contributed by atoms with Gasteiger partial charge in [0.05, 0.1) is 0 Å². The van der Waals surface area contributed by atoms with Crippen molar-refractivity contribution >= 4 is 17.4 Å². The van der Waals surface area contributed by atoms with Crippen molar-refractivity contribution in [1.29, 1.82) is 0 Å². The summed E-state index contributed by atoms with van der Waals surface area (Å²) in [5, 5.41) is 2.70. The van der Waals surface area contributed by atoms with Gasteiger partial charge in [0.2, 0.25) is 5.91 Å². The molecule has 0 spiro atoms. The lowest BCUT2D eigenvalue weighted by molar-refractivity contribution is -0.114. The standard InChI is InChI=1S/C16H23NO2/c1-4-6-13(7-5-2)16(19)14-8-10-15(11-9-14)17-12(3)18/h8-11,13H,4-7H2,1-3H3,(H,17,18). The van der Waals surface area contributed by atoms with Gasteiger partial charge in [-0.1, -0.05) is 26.7 Å². The van der Waals surface area contributed by atoms with Crippen LogP contribution in [0.1, 0.15) is 56.8 Å². The molecule has 0 saturated heterocycles. The lowest BCUT2D eigenvalue weighted by Gasteiger charge is -2.14. The summed E-state index contributed by atoms with van der Waals surface area (Å²) >= 11 is 0. The van der Waals surface area contributed by atoms with E-state index in [4.69, 9.17) is 0 Å². The number of hydrogen-bond acceptors (Lipinski definition) is 2. The van der Waals surface area contributed by atoms with E-state index in [1.54, 1.807) is 24.3 Å². The summed E-state index contributed by atoms with van der Waals surface area (Å²) < 4.78 is 0. The van der Waals surface area contributed by atoms with Crippen molar-refractivity contribution in [2.75, 3.05) is 5.32 Å². The van der Waals surface area contributed by atoms with Crippen molar-refractivity contribution in [3.8, 4) is 0 Å². The predicted molar refractivity (Wildman–Crippen MR) is 78.4 cm³/mol. The van der Waals surface area contributed by atoms with Gasteiger partial charge >= 0.3 is 0 Å². The van der Waals surface area contributed by atoms with Crippen molar-refractivity contribution in [3.63, 3.8) is 0 Å². The Balaban J connectivity index is 2.77. The van der Waals surface area contributed by atoms with E-state index < -0.39 is 0 Å². The molecule has 0 saturated carbocycles. The summed E-state index contributed by atoms with van der Waals surface area (Å²) in [6, 6.07) is 7.16. The largest absolute Gasteiger partial charge is 0.326 e. The minimum Gasteiger partial charge on any atom is -0.326 e. The lowest BCUT2D eigenvalue weighted by atomic mass is 9.90. The fourth-order valence-electron chi connectivity index (χ4n) is 2.26. The molecule has 0 radical (unpaired) electrons. The SMILES string of the molecule is CCCC(CCC)C(=O)c1ccc(NC(C)=O)cc1. The van der Waals surface area contributed by atoms with E-state index in [2.05, 4.69) is 19.2 Å². The van der Waals surface area contributed by atoms with E-state index in [0.717, 1.165) is 36.9 Å². The molecule has 1 aromatic rings. The summed E-state index contributed by atoms with van der Waals surface area (Å²) in [5.74, 6) is 0.244. The molecule has 0 unspecified atom stereocenters. The Hall–Kier alpha value is -1.64. The van der Waals surface area contributed by atoms with Crippen LogP contribution in [0.3, 0.4) is 0 Å². The Labute approximate surface area is 115 Å². The number of carbonyl (C=O) groups excluding carboxylic acids is 2. The van der Waals surface area contributed by atoms with E-state index in [-0.39, 0.29) is 17.6 Å². The molecule has 1 aromatic carbocycles. The van der Waals surface area contributed by atoms with E-state index in [1.807, 2.05) is 0 Å². The van der Waals surface area contributed by atoms with Crippen LogP contribution in [0.25, 0.3) is 0 Å². The highest BCUT2D eigenvalue weighted by Gasteiger charge is 2.18. The second kappa shape index (κ2) is 7.72. The highest BCUT2D eigenvalue weighted by molar-refractivity contribution is 5.98. The van der Waals surface area contributed by atoms with Gasteiger partial charge in [-0.3, -0.25) is 9.59 Å². The third-order valence-corrected chi connectivity index (χ3v) is 3.13. The first-order valence-corrected chi connectivity index (χ1v) is 7.00. The number of amides is 1. The smallest absolute Gasteiger partial charge is 0.221 e. The number of nitrogens with one attached hydrogen (secondary N) is 1. The van der Waals surface area contributed by atoms with Gasteiger partial charge in [-0.2, -0.15) is 0 Å². The summed E-state index contributed by atoms with van der Waals surface area (Å²) in [4.78, 5) is 23.3. The highest BCUT2D eigenvalue weighted by Crippen LogP contribution is 2.20. The van der Waals surface area contributed by atoms with Crippen molar-refractivity contribution in [2.45, 2.75) is 46.5 Å². The van der Waals surface area contributed by atoms with Crippen molar-refractivity contribution in [1.82, 2.24) is 0 Å². The van der Waals surface area contributed by atoms with Crippen LogP contribution in [0.2, 0.25) is 0 Å². The van der Waals surface area contributed by atoms with Crippen LogP contribution in [-0.4, -0.2) is 11.7 Å². The number of ketones is 1. The van der Waals surface area contributed by atoms with Crippen LogP contribution in [0.4, 0.5) is 5.69 Å². The second-order valence-electron chi connectivity index (χ2n) is 4.90. The molecule has 1 N–H and O–H groups in total. The van der Waals surface area contributed by atoms with Crippen molar-refractivity contribution in [2.24, 2.45) is 5.92 Å². The summed E-state index contributed by atoms with van der Waals surface area (Å²) in [6.45, 7) is 5.68. The molecule has 0 aliphatic heterocycles. The molecular weight excluding hydrogens is 238 g/mol. The van der Waals surface area contributed by atoms with Crippen LogP contribution in [0, 0.1) is 5.92 Å². The van der Waals surface area contributed by atoms with E-state index in [9.17, 15) is 9.59 Å². The molecule has 0 fully saturated rings. The Bertz CT molecular complexity index is 417. The van der Waals surface area contributed by atoms with Gasteiger partial charge in [-0.15, -0.1) is 0 Å². The van der Waals surface area contributed by atoms with Gasteiger partial charge < -0.3 is 5.32 Å². The van der Waals surface area contributed by atoms with Crippen LogP contribution >= 0.6 is 0 Å². The van der Waals surface area contributed by atoms with Crippen LogP contribution < -0.4 is 5.32 Å². The number of rotatable bonds is 7. The molecule has 0 heterocycles. The highest BCUT2D eigenvalue weighted by atomic mass is 16.1. The molecule has 3 heteroatoms. The van der Waals surface area contributed by atoms with Crippen LogP contribution in [0.5, 0.6) is 0 Å². The molecule has 19 heavy (non-hydrogen) atoms. The molecule has 0 atom stereocenters. The average Bonchev–Trinajstić information content (AvgIpc) is 2.38. The summed E-state index contributed by atoms with van der Waals surface area (Å²) in [7, 11) is 0. The number of carbonyl (C=O) groups is 2. The number of anilines is 1. The molecule has 1 amide bonds. The quantitative estimate of drug-likeness (QED) is 0.753.